The minimum Gasteiger partial charge on any atom is -0.333 e. The van der Waals surface area contributed by atoms with E-state index in [0.717, 1.165) is 0 Å². The second kappa shape index (κ2) is 4.78. The van der Waals surface area contributed by atoms with Gasteiger partial charge in [-0.05, 0) is 0 Å². The molecule has 14 heavy (non-hydrogen) atoms. The summed E-state index contributed by atoms with van der Waals surface area (Å²) in [5.41, 5.74) is -1.44. The number of Topliss-reactive ketones (excluding diaryl/α,β-unsaturated/α-hetero) is 1. The molecule has 0 bridgehead atoms. The molecule has 0 saturated carbocycles. The lowest BCUT2D eigenvalue weighted by Gasteiger charge is -2.20. The quantitative estimate of drug-likeness (QED) is 0.583. The number of rotatable bonds is 3. The second-order valence-corrected chi connectivity index (χ2v) is 5.08. The average Bonchev–Trinajstić information content (AvgIpc) is 2.00. The predicted molar refractivity (Wildman–Crippen MR) is 57.1 cm³/mol. The lowest BCUT2D eigenvalue weighted by Crippen LogP contribution is -2.43. The maximum Gasteiger partial charge on any atom is 0.226 e. The first kappa shape index (κ1) is 13.4. The fraction of sp³-hybridized carbons (Fsp3) is 0.800. The van der Waals surface area contributed by atoms with E-state index < -0.39 is 10.9 Å². The molecule has 1 N–H and O–H groups in total. The van der Waals surface area contributed by atoms with Crippen LogP contribution in [0.25, 0.3) is 0 Å². The van der Waals surface area contributed by atoms with Crippen LogP contribution in [0.1, 0.15) is 34.6 Å². The number of nitrogens with one attached hydrogen (secondary N) is 1. The smallest absolute Gasteiger partial charge is 0.226 e. The normalized spacial score (nSPS) is 13.9. The number of hydrogen-bond donors (Lipinski definition) is 1. The van der Waals surface area contributed by atoms with Crippen molar-refractivity contribution in [2.45, 2.75) is 40.1 Å². The molecule has 1 atom stereocenters. The first-order valence-electron chi connectivity index (χ1n) is 4.65. The minimum absolute atomic E-state index is 0.163. The third-order valence-electron chi connectivity index (χ3n) is 1.76. The Bertz CT molecular complexity index is 231. The molecule has 0 radical (unpaired) electrons. The highest BCUT2D eigenvalue weighted by atomic mass is 35.5. The molecule has 0 rings (SSSR count). The number of alkyl halides is 1. The van der Waals surface area contributed by atoms with Gasteiger partial charge in [-0.2, -0.15) is 0 Å². The van der Waals surface area contributed by atoms with Crippen molar-refractivity contribution in [2.75, 3.05) is 0 Å². The number of hydrogen-bond acceptors (Lipinski definition) is 2. The highest BCUT2D eigenvalue weighted by molar-refractivity contribution is 6.32. The molecule has 0 aromatic rings. The average molecular weight is 220 g/mol. The van der Waals surface area contributed by atoms with Gasteiger partial charge in [0, 0.05) is 11.3 Å². The van der Waals surface area contributed by atoms with Crippen LogP contribution in [0.5, 0.6) is 0 Å². The number of ketones is 1. The van der Waals surface area contributed by atoms with Crippen LogP contribution in [0.2, 0.25) is 0 Å². The zero-order valence-corrected chi connectivity index (χ0v) is 10.1. The maximum absolute atomic E-state index is 11.5. The predicted octanol–water partition coefficient (Wildman–Crippen LogP) is 1.94. The molecule has 0 aliphatic rings. The van der Waals surface area contributed by atoms with Crippen LogP contribution in [0.3, 0.4) is 0 Å². The third kappa shape index (κ3) is 4.09. The Morgan fingerprint density at radius 3 is 1.93 bits per heavy atom. The Kier molecular flexibility index (Phi) is 4.59. The van der Waals surface area contributed by atoms with E-state index in [1.54, 1.807) is 34.6 Å². The van der Waals surface area contributed by atoms with Crippen molar-refractivity contribution < 1.29 is 9.59 Å². The molecule has 0 saturated heterocycles. The summed E-state index contributed by atoms with van der Waals surface area (Å²) in [6.45, 7) is 8.81. The fourth-order valence-electron chi connectivity index (χ4n) is 0.695. The van der Waals surface area contributed by atoms with Gasteiger partial charge in [0.25, 0.3) is 0 Å². The van der Waals surface area contributed by atoms with E-state index in [0.29, 0.717) is 0 Å². The van der Waals surface area contributed by atoms with Crippen molar-refractivity contribution in [3.63, 3.8) is 0 Å². The van der Waals surface area contributed by atoms with Crippen molar-refractivity contribution in [1.29, 1.82) is 0 Å². The summed E-state index contributed by atoms with van der Waals surface area (Å²) in [5, 5.41) is 2.48. The molecule has 0 aromatic heterocycles. The second-order valence-electron chi connectivity index (χ2n) is 4.64. The lowest BCUT2D eigenvalue weighted by molar-refractivity contribution is -0.132. The van der Waals surface area contributed by atoms with Crippen molar-refractivity contribution in [3.8, 4) is 0 Å². The van der Waals surface area contributed by atoms with E-state index in [4.69, 9.17) is 11.6 Å². The van der Waals surface area contributed by atoms with Crippen LogP contribution >= 0.6 is 11.6 Å². The highest BCUT2D eigenvalue weighted by Crippen LogP contribution is 2.14. The number of carbonyl (C=O) groups excluding carboxylic acids is 2. The monoisotopic (exact) mass is 219 g/mol. The Morgan fingerprint density at radius 1 is 1.21 bits per heavy atom. The van der Waals surface area contributed by atoms with Crippen LogP contribution in [0.15, 0.2) is 0 Å². The molecule has 3 nitrogen and oxygen atoms in total. The van der Waals surface area contributed by atoms with Gasteiger partial charge in [0.05, 0.1) is 0 Å². The Hall–Kier alpha value is -0.570. The van der Waals surface area contributed by atoms with Gasteiger partial charge in [0.1, 0.15) is 0 Å². The lowest BCUT2D eigenvalue weighted by atomic mass is 9.95. The number of halogens is 1. The Morgan fingerprint density at radius 2 is 1.64 bits per heavy atom. The summed E-state index contributed by atoms with van der Waals surface area (Å²) in [6.07, 6.45) is 0. The van der Waals surface area contributed by atoms with Crippen molar-refractivity contribution in [3.05, 3.63) is 0 Å². The fourth-order valence-corrected chi connectivity index (χ4v) is 1.05. The molecular formula is C10H18ClNO2. The van der Waals surface area contributed by atoms with Crippen LogP contribution < -0.4 is 5.32 Å². The van der Waals surface area contributed by atoms with Gasteiger partial charge in [-0.3, -0.25) is 9.59 Å². The summed E-state index contributed by atoms with van der Waals surface area (Å²) in [4.78, 5) is 22.8. The topological polar surface area (TPSA) is 46.2 Å². The molecule has 0 aliphatic heterocycles. The molecular weight excluding hydrogens is 202 g/mol. The van der Waals surface area contributed by atoms with E-state index in [9.17, 15) is 9.59 Å². The van der Waals surface area contributed by atoms with E-state index in [1.807, 2.05) is 0 Å². The molecule has 4 heteroatoms. The molecule has 0 heterocycles. The van der Waals surface area contributed by atoms with Crippen LogP contribution in [0, 0.1) is 11.3 Å². The molecule has 0 aliphatic carbocycles. The summed E-state index contributed by atoms with van der Waals surface area (Å²) >= 11 is 5.75. The third-order valence-corrected chi connectivity index (χ3v) is 2.08. The number of amides is 1. The van der Waals surface area contributed by atoms with Crippen LogP contribution in [-0.2, 0) is 9.59 Å². The van der Waals surface area contributed by atoms with Crippen LogP contribution in [-0.4, -0.2) is 17.2 Å². The SMILES string of the molecule is CC(C)C(=O)C(Cl)NC(=O)C(C)(C)C. The first-order valence-corrected chi connectivity index (χ1v) is 5.08. The van der Waals surface area contributed by atoms with Gasteiger partial charge in [-0.25, -0.2) is 0 Å². The van der Waals surface area contributed by atoms with E-state index in [1.165, 1.54) is 0 Å². The van der Waals surface area contributed by atoms with Crippen molar-refractivity contribution in [1.82, 2.24) is 5.32 Å². The summed E-state index contributed by atoms with van der Waals surface area (Å²) in [5.74, 6) is -0.548. The Labute approximate surface area is 90.2 Å². The molecule has 0 fully saturated rings. The maximum atomic E-state index is 11.5. The van der Waals surface area contributed by atoms with Crippen molar-refractivity contribution in [2.24, 2.45) is 11.3 Å². The van der Waals surface area contributed by atoms with Gasteiger partial charge in [-0.15, -0.1) is 0 Å². The van der Waals surface area contributed by atoms with E-state index >= 15 is 0 Å². The molecule has 0 aromatic carbocycles. The molecule has 82 valence electrons. The van der Waals surface area contributed by atoms with Gasteiger partial charge >= 0.3 is 0 Å². The number of carbonyl (C=O) groups is 2. The zero-order valence-electron chi connectivity index (χ0n) is 9.35. The first-order chi connectivity index (χ1) is 6.16. The Balaban J connectivity index is 4.27. The summed E-state index contributed by atoms with van der Waals surface area (Å²) < 4.78 is 0. The van der Waals surface area contributed by atoms with E-state index in [2.05, 4.69) is 5.32 Å². The van der Waals surface area contributed by atoms with E-state index in [-0.39, 0.29) is 17.6 Å². The minimum atomic E-state index is -0.915. The zero-order chi connectivity index (χ0) is 11.5. The van der Waals surface area contributed by atoms with Crippen LogP contribution in [0.4, 0.5) is 0 Å². The summed E-state index contributed by atoms with van der Waals surface area (Å²) in [7, 11) is 0. The standard InChI is InChI=1S/C10H18ClNO2/c1-6(2)7(13)8(11)12-9(14)10(3,4)5/h6,8H,1-5H3,(H,12,14). The molecule has 1 unspecified atom stereocenters. The van der Waals surface area contributed by atoms with Gasteiger partial charge in [-0.1, -0.05) is 46.2 Å². The molecule has 0 spiro atoms. The van der Waals surface area contributed by atoms with Crippen molar-refractivity contribution >= 4 is 23.3 Å². The largest absolute Gasteiger partial charge is 0.333 e. The van der Waals surface area contributed by atoms with Gasteiger partial charge in [0.15, 0.2) is 11.3 Å². The van der Waals surface area contributed by atoms with Gasteiger partial charge < -0.3 is 5.32 Å². The summed E-state index contributed by atoms with van der Waals surface area (Å²) in [6, 6.07) is 0. The highest BCUT2D eigenvalue weighted by Gasteiger charge is 2.26. The molecule has 1 amide bonds. The van der Waals surface area contributed by atoms with Gasteiger partial charge in [0.2, 0.25) is 5.91 Å².